The normalized spacial score (nSPS) is 14.5. The third kappa shape index (κ3) is 3.17. The summed E-state index contributed by atoms with van der Waals surface area (Å²) in [6.07, 6.45) is 4.89. The van der Waals surface area contributed by atoms with E-state index in [4.69, 9.17) is 9.72 Å². The molecule has 0 amide bonds. The first-order valence-corrected chi connectivity index (χ1v) is 8.71. The number of benzene rings is 1. The molecule has 0 saturated heterocycles. The molecule has 2 aromatic heterocycles. The maximum absolute atomic E-state index is 5.22. The first-order valence-electron chi connectivity index (χ1n) is 8.71. The maximum Gasteiger partial charge on any atom is 0.137 e. The van der Waals surface area contributed by atoms with Gasteiger partial charge in [-0.3, -0.25) is 4.90 Å². The van der Waals surface area contributed by atoms with Crippen LogP contribution < -0.4 is 4.74 Å². The van der Waals surface area contributed by atoms with Crippen molar-refractivity contribution in [3.63, 3.8) is 0 Å². The number of rotatable bonds is 5. The Morgan fingerprint density at radius 3 is 2.84 bits per heavy atom. The smallest absolute Gasteiger partial charge is 0.137 e. The summed E-state index contributed by atoms with van der Waals surface area (Å²) in [5.74, 6) is 2.92. The quantitative estimate of drug-likeness (QED) is 0.778. The highest BCUT2D eigenvalue weighted by Crippen LogP contribution is 2.25. The summed E-state index contributed by atoms with van der Waals surface area (Å²) in [6, 6.07) is 8.01. The zero-order chi connectivity index (χ0) is 17.2. The van der Waals surface area contributed by atoms with E-state index in [1.165, 1.54) is 11.4 Å². The molecule has 130 valence electrons. The molecule has 6 heteroatoms. The standard InChI is InChI=1S/C19H23N5O/c1-3-24-11-9-20-18(24)13-23-10-8-16-17(12-23)22-19(21-16)14-4-6-15(25-2)7-5-14/h4-7,9,11H,3,8,10,12-13H2,1-2H3,(H,21,22). The minimum atomic E-state index is 0.859. The molecule has 1 aliphatic heterocycles. The fourth-order valence-electron chi connectivity index (χ4n) is 3.35. The second kappa shape index (κ2) is 6.72. The zero-order valence-electron chi connectivity index (χ0n) is 14.7. The predicted molar refractivity (Wildman–Crippen MR) is 96.3 cm³/mol. The lowest BCUT2D eigenvalue weighted by Crippen LogP contribution is -2.31. The van der Waals surface area contributed by atoms with E-state index in [-0.39, 0.29) is 0 Å². The molecule has 0 aliphatic carbocycles. The number of aryl methyl sites for hydroxylation is 1. The molecule has 0 spiro atoms. The predicted octanol–water partition coefficient (Wildman–Crippen LogP) is 2.86. The summed E-state index contributed by atoms with van der Waals surface area (Å²) in [5, 5.41) is 0. The monoisotopic (exact) mass is 337 g/mol. The largest absolute Gasteiger partial charge is 0.497 e. The van der Waals surface area contributed by atoms with Crippen LogP contribution in [0.1, 0.15) is 24.1 Å². The Morgan fingerprint density at radius 1 is 1.24 bits per heavy atom. The summed E-state index contributed by atoms with van der Waals surface area (Å²) in [6.45, 7) is 5.87. The summed E-state index contributed by atoms with van der Waals surface area (Å²) < 4.78 is 7.42. The number of nitrogens with one attached hydrogen (secondary N) is 1. The molecule has 25 heavy (non-hydrogen) atoms. The van der Waals surface area contributed by atoms with Gasteiger partial charge in [-0.05, 0) is 31.2 Å². The average Bonchev–Trinajstić information content (AvgIpc) is 3.27. The van der Waals surface area contributed by atoms with Crippen molar-refractivity contribution in [2.45, 2.75) is 33.0 Å². The molecule has 0 bridgehead atoms. The molecule has 1 aromatic carbocycles. The number of imidazole rings is 2. The fraction of sp³-hybridized carbons (Fsp3) is 0.368. The van der Waals surface area contributed by atoms with E-state index < -0.39 is 0 Å². The molecule has 3 heterocycles. The molecule has 0 unspecified atom stereocenters. The number of nitrogens with zero attached hydrogens (tertiary/aromatic N) is 4. The van der Waals surface area contributed by atoms with Crippen molar-refractivity contribution >= 4 is 0 Å². The second-order valence-corrected chi connectivity index (χ2v) is 6.33. The Balaban J connectivity index is 1.50. The van der Waals surface area contributed by atoms with Crippen LogP contribution in [0, 0.1) is 0 Å². The van der Waals surface area contributed by atoms with Crippen molar-refractivity contribution in [2.75, 3.05) is 13.7 Å². The van der Waals surface area contributed by atoms with Crippen molar-refractivity contribution in [2.24, 2.45) is 0 Å². The molecular formula is C19H23N5O. The lowest BCUT2D eigenvalue weighted by molar-refractivity contribution is 0.232. The second-order valence-electron chi connectivity index (χ2n) is 6.33. The molecular weight excluding hydrogens is 314 g/mol. The zero-order valence-corrected chi connectivity index (χ0v) is 14.7. The molecule has 4 rings (SSSR count). The lowest BCUT2D eigenvalue weighted by Gasteiger charge is -2.25. The van der Waals surface area contributed by atoms with Crippen LogP contribution in [0.5, 0.6) is 5.75 Å². The summed E-state index contributed by atoms with van der Waals surface area (Å²) in [4.78, 5) is 15.2. The maximum atomic E-state index is 5.22. The summed E-state index contributed by atoms with van der Waals surface area (Å²) >= 11 is 0. The van der Waals surface area contributed by atoms with Gasteiger partial charge in [0, 0.05) is 44.0 Å². The minimum absolute atomic E-state index is 0.859. The van der Waals surface area contributed by atoms with Crippen molar-refractivity contribution in [1.82, 2.24) is 24.4 Å². The molecule has 0 atom stereocenters. The number of methoxy groups -OCH3 is 1. The number of aromatic nitrogens is 4. The number of H-pyrrole nitrogens is 1. The van der Waals surface area contributed by atoms with E-state index in [1.54, 1.807) is 7.11 Å². The van der Waals surface area contributed by atoms with Gasteiger partial charge in [0.1, 0.15) is 17.4 Å². The van der Waals surface area contributed by atoms with Gasteiger partial charge in [-0.1, -0.05) is 0 Å². The van der Waals surface area contributed by atoms with Crippen molar-refractivity contribution in [1.29, 1.82) is 0 Å². The van der Waals surface area contributed by atoms with Gasteiger partial charge in [0.15, 0.2) is 0 Å². The van der Waals surface area contributed by atoms with Crippen LogP contribution in [0.4, 0.5) is 0 Å². The van der Waals surface area contributed by atoms with Crippen LogP contribution >= 0.6 is 0 Å². The van der Waals surface area contributed by atoms with E-state index in [9.17, 15) is 0 Å². The topological polar surface area (TPSA) is 59.0 Å². The highest BCUT2D eigenvalue weighted by Gasteiger charge is 2.21. The van der Waals surface area contributed by atoms with Crippen molar-refractivity contribution in [3.05, 3.63) is 53.9 Å². The number of fused-ring (bicyclic) bond motifs is 1. The third-order valence-electron chi connectivity index (χ3n) is 4.78. The Labute approximate surface area is 147 Å². The summed E-state index contributed by atoms with van der Waals surface area (Å²) in [7, 11) is 1.68. The minimum Gasteiger partial charge on any atom is -0.497 e. The molecule has 1 N–H and O–H groups in total. The summed E-state index contributed by atoms with van der Waals surface area (Å²) in [5.41, 5.74) is 3.48. The van der Waals surface area contributed by atoms with Gasteiger partial charge in [-0.15, -0.1) is 0 Å². The Bertz CT molecular complexity index is 849. The molecule has 6 nitrogen and oxygen atoms in total. The third-order valence-corrected chi connectivity index (χ3v) is 4.78. The fourth-order valence-corrected chi connectivity index (χ4v) is 3.35. The Morgan fingerprint density at radius 2 is 2.08 bits per heavy atom. The number of ether oxygens (including phenoxy) is 1. The van der Waals surface area contributed by atoms with Crippen LogP contribution in [0.2, 0.25) is 0 Å². The highest BCUT2D eigenvalue weighted by atomic mass is 16.5. The number of aromatic amines is 1. The SMILES string of the molecule is CCn1ccnc1CN1CCc2nc(-c3ccc(OC)cc3)[nH]c2C1. The van der Waals surface area contributed by atoms with Crippen LogP contribution in [0.15, 0.2) is 36.7 Å². The van der Waals surface area contributed by atoms with Gasteiger partial charge in [0.25, 0.3) is 0 Å². The Kier molecular flexibility index (Phi) is 4.28. The highest BCUT2D eigenvalue weighted by molar-refractivity contribution is 5.57. The van der Waals surface area contributed by atoms with E-state index in [1.807, 2.05) is 36.7 Å². The molecule has 1 aliphatic rings. The molecule has 0 radical (unpaired) electrons. The van der Waals surface area contributed by atoms with Crippen LogP contribution in [-0.2, 0) is 26.1 Å². The van der Waals surface area contributed by atoms with Gasteiger partial charge < -0.3 is 14.3 Å². The van der Waals surface area contributed by atoms with Gasteiger partial charge >= 0.3 is 0 Å². The first-order chi connectivity index (χ1) is 12.3. The van der Waals surface area contributed by atoms with Crippen LogP contribution in [0.25, 0.3) is 11.4 Å². The van der Waals surface area contributed by atoms with Crippen LogP contribution in [-0.4, -0.2) is 38.1 Å². The van der Waals surface area contributed by atoms with E-state index in [0.717, 1.165) is 55.6 Å². The van der Waals surface area contributed by atoms with Crippen molar-refractivity contribution < 1.29 is 4.74 Å². The van der Waals surface area contributed by atoms with E-state index in [2.05, 4.69) is 26.4 Å². The van der Waals surface area contributed by atoms with Gasteiger partial charge in [0.2, 0.25) is 0 Å². The van der Waals surface area contributed by atoms with E-state index in [0.29, 0.717) is 0 Å². The van der Waals surface area contributed by atoms with Gasteiger partial charge in [0.05, 0.1) is 25.0 Å². The Hall–Kier alpha value is -2.60. The molecule has 0 saturated carbocycles. The van der Waals surface area contributed by atoms with Crippen LogP contribution in [0.3, 0.4) is 0 Å². The van der Waals surface area contributed by atoms with E-state index >= 15 is 0 Å². The van der Waals surface area contributed by atoms with Crippen molar-refractivity contribution in [3.8, 4) is 17.1 Å². The van der Waals surface area contributed by atoms with Gasteiger partial charge in [-0.25, -0.2) is 9.97 Å². The number of hydrogen-bond donors (Lipinski definition) is 1. The lowest BCUT2D eigenvalue weighted by atomic mass is 10.1. The van der Waals surface area contributed by atoms with Gasteiger partial charge in [-0.2, -0.15) is 0 Å². The number of hydrogen-bond acceptors (Lipinski definition) is 4. The molecule has 3 aromatic rings. The molecule has 0 fully saturated rings. The average molecular weight is 337 g/mol. The first kappa shape index (κ1) is 15.9.